The molecule has 0 nitrogen and oxygen atoms in total. The zero-order chi connectivity index (χ0) is 9.50. The number of halogens is 1. The normalized spacial score (nSPS) is 43.8. The van der Waals surface area contributed by atoms with Crippen molar-refractivity contribution >= 4 is 22.6 Å². The van der Waals surface area contributed by atoms with Crippen molar-refractivity contribution in [2.75, 3.05) is 0 Å². The number of alkyl halides is 1. The van der Waals surface area contributed by atoms with Gasteiger partial charge >= 0.3 is 0 Å². The molecule has 4 heavy (non-hydrogen) atoms. The molecule has 0 atom stereocenters. The molecule has 0 heterocycles. The van der Waals surface area contributed by atoms with Gasteiger partial charge in [-0.05, 0) is 0 Å². The maximum Gasteiger partial charge on any atom is 0.0408 e. The van der Waals surface area contributed by atoms with Gasteiger partial charge in [-0.2, -0.15) is 0 Å². The second kappa shape index (κ2) is 2.00. The molecule has 26 valence electrons. The van der Waals surface area contributed by atoms with Crippen LogP contribution in [0.2, 0.25) is 0 Å². The third-order valence-corrected chi connectivity index (χ3v) is 0. The van der Waals surface area contributed by atoms with Gasteiger partial charge in [0.2, 0.25) is 0 Å². The molecule has 0 aromatic rings. The predicted octanol–water partition coefficient (Wildman–Crippen LogP) is 1.83. The molecule has 0 saturated heterocycles. The third kappa shape index (κ3) is 15.3. The van der Waals surface area contributed by atoms with E-state index in [-0.39, 0.29) is 0 Å². The fourth-order valence-corrected chi connectivity index (χ4v) is 0. The Morgan fingerprint density at radius 3 is 2.75 bits per heavy atom. The number of hydrogen-bond acceptors (Lipinski definition) is 0. The lowest BCUT2D eigenvalue weighted by atomic mass is 10.6. The van der Waals surface area contributed by atoms with Gasteiger partial charge in [0.1, 0.15) is 0 Å². The second-order valence-electron chi connectivity index (χ2n) is 0.314. The summed E-state index contributed by atoms with van der Waals surface area (Å²) in [6, 6.07) is 0. The lowest BCUT2D eigenvalue weighted by molar-refractivity contribution is 1.16. The van der Waals surface area contributed by atoms with Crippen LogP contribution in [0.5, 0.6) is 0 Å². The molecular formula is C3H7I. The van der Waals surface area contributed by atoms with E-state index in [1.807, 2.05) is 0 Å². The van der Waals surface area contributed by atoms with Crippen molar-refractivity contribution in [2.45, 2.75) is 17.6 Å². The Kier molecular flexibility index (Phi) is 0.286. The van der Waals surface area contributed by atoms with Gasteiger partial charge in [-0.25, -0.2) is 0 Å². The van der Waals surface area contributed by atoms with Crippen LogP contribution >= 0.6 is 22.6 Å². The van der Waals surface area contributed by atoms with E-state index in [1.54, 1.807) is 0 Å². The highest BCUT2D eigenvalue weighted by Gasteiger charge is 1.70. The topological polar surface area (TPSA) is 0 Å². The molecule has 0 fully saturated rings. The van der Waals surface area contributed by atoms with E-state index < -0.39 is 17.6 Å². The van der Waals surface area contributed by atoms with Gasteiger partial charge in [-0.1, -0.05) is 36.3 Å². The summed E-state index contributed by atoms with van der Waals surface area (Å²) in [6.07, 6.45) is 0. The van der Waals surface area contributed by atoms with Crippen molar-refractivity contribution in [3.05, 3.63) is 0 Å². The predicted molar refractivity (Wildman–Crippen MR) is 29.2 cm³/mol. The molecule has 0 radical (unpaired) electrons. The average Bonchev–Trinajstić information content (AvgIpc) is 1.58. The van der Waals surface area contributed by atoms with Crippen LogP contribution < -0.4 is 0 Å². The molecule has 0 aliphatic carbocycles. The minimum atomic E-state index is -2.78. The summed E-state index contributed by atoms with van der Waals surface area (Å²) < 4.78 is 45.3. The van der Waals surface area contributed by atoms with Crippen molar-refractivity contribution in [3.8, 4) is 0 Å². The smallest absolute Gasteiger partial charge is 0.0408 e. The maximum atomic E-state index is 7.09. The van der Waals surface area contributed by atoms with E-state index in [0.717, 1.165) is 22.6 Å². The Morgan fingerprint density at radius 1 is 2.25 bits per heavy atom. The molecule has 0 aromatic carbocycles. The van der Waals surface area contributed by atoms with E-state index >= 15 is 0 Å². The van der Waals surface area contributed by atoms with Gasteiger partial charge in [-0.3, -0.25) is 0 Å². The van der Waals surface area contributed by atoms with Crippen molar-refractivity contribution in [1.29, 1.82) is 0 Å². The Balaban J connectivity index is 4.75. The molecule has 0 aliphatic heterocycles. The monoisotopic (exact) mass is 177 g/mol. The summed E-state index contributed by atoms with van der Waals surface area (Å²) >= 11 is 1.13. The van der Waals surface area contributed by atoms with Crippen LogP contribution in [0.15, 0.2) is 0 Å². The molecule has 0 N–H and O–H groups in total. The summed E-state index contributed by atoms with van der Waals surface area (Å²) in [5.74, 6) is 0. The number of hydrogen-bond donors (Lipinski definition) is 0. The van der Waals surface area contributed by atoms with E-state index in [1.165, 1.54) is 0 Å². The Hall–Kier alpha value is 0.730. The summed E-state index contributed by atoms with van der Waals surface area (Å²) in [4.78, 5) is 0. The molecule has 1 heteroatoms. The van der Waals surface area contributed by atoms with Crippen LogP contribution in [0.1, 0.15) is 23.3 Å². The first-order chi connectivity index (χ1) is 4.50. The average molecular weight is 177 g/mol. The van der Waals surface area contributed by atoms with Crippen molar-refractivity contribution in [3.63, 3.8) is 0 Å². The molecule has 0 bridgehead atoms. The van der Waals surface area contributed by atoms with Gasteiger partial charge in [0, 0.05) is 13.5 Å². The standard InChI is InChI=1S/C3H7I/c1-3(2)4/h3H,1-2H3/i1D3,2D3,3D. The highest BCUT2D eigenvalue weighted by molar-refractivity contribution is 14.1. The van der Waals surface area contributed by atoms with Crippen LogP contribution in [-0.2, 0) is 0 Å². The van der Waals surface area contributed by atoms with Crippen LogP contribution in [0.4, 0.5) is 0 Å². The fraction of sp³-hybridized carbons (Fsp3) is 1.00. The molecule has 0 spiro atoms. The SMILES string of the molecule is [2H]C([2H])([2H])C([2H])(I)C([2H])([2H])[2H]. The van der Waals surface area contributed by atoms with E-state index in [2.05, 4.69) is 0 Å². The van der Waals surface area contributed by atoms with Crippen molar-refractivity contribution < 1.29 is 9.60 Å². The van der Waals surface area contributed by atoms with Crippen LogP contribution in [-0.4, -0.2) is 3.90 Å². The summed E-state index contributed by atoms with van der Waals surface area (Å²) in [5, 5.41) is 0. The minimum Gasteiger partial charge on any atom is -0.0832 e. The van der Waals surface area contributed by atoms with Crippen molar-refractivity contribution in [1.82, 2.24) is 0 Å². The van der Waals surface area contributed by atoms with E-state index in [9.17, 15) is 0 Å². The minimum absolute atomic E-state index is 1.13. The first-order valence-corrected chi connectivity index (χ1v) is 1.77. The summed E-state index contributed by atoms with van der Waals surface area (Å²) in [6.45, 7) is -5.56. The van der Waals surface area contributed by atoms with Gasteiger partial charge in [-0.15, -0.1) is 0 Å². The van der Waals surface area contributed by atoms with Crippen LogP contribution in [0.25, 0.3) is 0 Å². The number of rotatable bonds is 0. The second-order valence-corrected chi connectivity index (χ2v) is 1.39. The summed E-state index contributed by atoms with van der Waals surface area (Å²) in [5.41, 5.74) is 0. The van der Waals surface area contributed by atoms with Crippen LogP contribution in [0, 0.1) is 0 Å². The molecule has 0 aromatic heterocycles. The molecule has 0 rings (SSSR count). The maximum absolute atomic E-state index is 7.09. The fourth-order valence-electron chi connectivity index (χ4n) is 0. The first kappa shape index (κ1) is 0.572. The van der Waals surface area contributed by atoms with Gasteiger partial charge < -0.3 is 0 Å². The molecule has 0 unspecified atom stereocenters. The van der Waals surface area contributed by atoms with Crippen molar-refractivity contribution in [2.24, 2.45) is 0 Å². The van der Waals surface area contributed by atoms with Gasteiger partial charge in [0.15, 0.2) is 0 Å². The molecule has 0 saturated carbocycles. The van der Waals surface area contributed by atoms with E-state index in [0.29, 0.717) is 0 Å². The molecule has 0 aliphatic rings. The quantitative estimate of drug-likeness (QED) is 0.391. The first-order valence-electron chi connectivity index (χ1n) is 4.19. The summed E-state index contributed by atoms with van der Waals surface area (Å²) in [7, 11) is 0. The van der Waals surface area contributed by atoms with Gasteiger partial charge in [0.25, 0.3) is 0 Å². The Labute approximate surface area is 50.6 Å². The van der Waals surface area contributed by atoms with Gasteiger partial charge in [0.05, 0.1) is 0 Å². The lowest BCUT2D eigenvalue weighted by Gasteiger charge is -1.76. The molecular weight excluding hydrogens is 163 g/mol. The zero-order valence-electron chi connectivity index (χ0n) is 8.88. The third-order valence-electron chi connectivity index (χ3n) is 0. The zero-order valence-corrected chi connectivity index (χ0v) is 4.04. The largest absolute Gasteiger partial charge is 0.0832 e. The highest BCUT2D eigenvalue weighted by Crippen LogP contribution is 1.91. The lowest BCUT2D eigenvalue weighted by Crippen LogP contribution is -1.69. The highest BCUT2D eigenvalue weighted by atomic mass is 127. The van der Waals surface area contributed by atoms with Crippen LogP contribution in [0.3, 0.4) is 0 Å². The van der Waals surface area contributed by atoms with E-state index in [4.69, 9.17) is 9.60 Å². The Morgan fingerprint density at radius 2 is 2.75 bits per heavy atom. The molecule has 0 amide bonds. The Bertz CT molecular complexity index is 125.